The highest BCUT2D eigenvalue weighted by molar-refractivity contribution is 8.07. The predicted molar refractivity (Wildman–Crippen MR) is 139 cm³/mol. The molecule has 2 N–H and O–H groups in total. The molecular weight excluding hydrogens is 440 g/mol. The lowest BCUT2D eigenvalue weighted by molar-refractivity contribution is -0.140. The van der Waals surface area contributed by atoms with Gasteiger partial charge in [0.15, 0.2) is 0 Å². The first kappa shape index (κ1) is 26.5. The number of thioether (sulfide) groups is 1. The SMILES string of the molecule is C=N/C(C)=C(\SC)c1ccc(CNC(=O)[C@@H]2CCCN2C(=O)C(NC)C(C)(C)S)c(C)c1. The standard InChI is InChI=1S/C24H36N4O2S2/c1-15-13-17(20(32-7)16(2)25-5)10-11-18(15)14-27-22(29)19-9-8-12-28(19)23(30)21(26-6)24(3,4)31/h10-11,13,19,21,26,31H,5,8-9,12,14H2,1-4,6-7H3,(H,27,29)/b20-16-/t19-,21?/m0/s1. The van der Waals surface area contributed by atoms with Crippen molar-refractivity contribution in [2.24, 2.45) is 4.99 Å². The molecule has 1 heterocycles. The van der Waals surface area contributed by atoms with Crippen LogP contribution in [0.4, 0.5) is 0 Å². The number of rotatable bonds is 9. The van der Waals surface area contributed by atoms with Crippen LogP contribution in [0.2, 0.25) is 0 Å². The highest BCUT2D eigenvalue weighted by Crippen LogP contribution is 2.30. The van der Waals surface area contributed by atoms with E-state index in [0.29, 0.717) is 19.5 Å². The highest BCUT2D eigenvalue weighted by Gasteiger charge is 2.40. The summed E-state index contributed by atoms with van der Waals surface area (Å²) in [5.41, 5.74) is 4.13. The van der Waals surface area contributed by atoms with Crippen LogP contribution < -0.4 is 10.6 Å². The Morgan fingerprint density at radius 2 is 2.09 bits per heavy atom. The normalized spacial score (nSPS) is 18.2. The van der Waals surface area contributed by atoms with Gasteiger partial charge < -0.3 is 15.5 Å². The largest absolute Gasteiger partial charge is 0.350 e. The van der Waals surface area contributed by atoms with Gasteiger partial charge in [-0.25, -0.2) is 0 Å². The van der Waals surface area contributed by atoms with Crippen molar-refractivity contribution < 1.29 is 9.59 Å². The van der Waals surface area contributed by atoms with E-state index >= 15 is 0 Å². The molecule has 0 saturated carbocycles. The van der Waals surface area contributed by atoms with Crippen molar-refractivity contribution in [2.75, 3.05) is 19.8 Å². The fourth-order valence-corrected chi connectivity index (χ4v) is 5.09. The van der Waals surface area contributed by atoms with Crippen molar-refractivity contribution in [1.29, 1.82) is 0 Å². The zero-order valence-corrected chi connectivity index (χ0v) is 21.7. The highest BCUT2D eigenvalue weighted by atomic mass is 32.2. The van der Waals surface area contributed by atoms with Gasteiger partial charge in [0.1, 0.15) is 12.1 Å². The number of aryl methyl sites for hydroxylation is 1. The van der Waals surface area contributed by atoms with Gasteiger partial charge in [0.2, 0.25) is 11.8 Å². The third-order valence-corrected chi connectivity index (χ3v) is 7.11. The van der Waals surface area contributed by atoms with E-state index in [4.69, 9.17) is 0 Å². The Balaban J connectivity index is 2.10. The molecular formula is C24H36N4O2S2. The smallest absolute Gasteiger partial charge is 0.243 e. The Morgan fingerprint density at radius 1 is 1.41 bits per heavy atom. The molecule has 1 aliphatic rings. The number of nitrogens with one attached hydrogen (secondary N) is 2. The lowest BCUT2D eigenvalue weighted by atomic mass is 10.0. The Bertz CT molecular complexity index is 892. The number of aliphatic imine (C=N–C) groups is 1. The molecule has 2 atom stereocenters. The van der Waals surface area contributed by atoms with E-state index in [-0.39, 0.29) is 11.8 Å². The summed E-state index contributed by atoms with van der Waals surface area (Å²) in [5, 5.41) is 6.10. The van der Waals surface area contributed by atoms with Crippen LogP contribution in [0, 0.1) is 6.92 Å². The third kappa shape index (κ3) is 6.17. The van der Waals surface area contributed by atoms with Gasteiger partial charge in [-0.2, -0.15) is 12.6 Å². The molecule has 32 heavy (non-hydrogen) atoms. The Labute approximate surface area is 202 Å². The fraction of sp³-hybridized carbons (Fsp3) is 0.542. The molecule has 1 fully saturated rings. The maximum absolute atomic E-state index is 13.1. The molecule has 1 aliphatic heterocycles. The summed E-state index contributed by atoms with van der Waals surface area (Å²) in [6, 6.07) is 5.30. The Hall–Kier alpha value is -1.77. The molecule has 6 nitrogen and oxygen atoms in total. The second-order valence-corrected chi connectivity index (χ2v) is 10.7. The molecule has 0 aliphatic carbocycles. The molecule has 1 saturated heterocycles. The first-order valence-electron chi connectivity index (χ1n) is 10.8. The minimum Gasteiger partial charge on any atom is -0.350 e. The number of hydrogen-bond donors (Lipinski definition) is 3. The van der Waals surface area contributed by atoms with Crippen LogP contribution in [0.3, 0.4) is 0 Å². The van der Waals surface area contributed by atoms with Gasteiger partial charge in [-0.15, -0.1) is 11.8 Å². The number of thiol groups is 1. The lowest BCUT2D eigenvalue weighted by Gasteiger charge is -2.34. The summed E-state index contributed by atoms with van der Waals surface area (Å²) < 4.78 is -0.530. The number of likely N-dealkylation sites (tertiary alicyclic amines) is 1. The minimum absolute atomic E-state index is 0.0757. The van der Waals surface area contributed by atoms with E-state index in [9.17, 15) is 9.59 Å². The molecule has 1 aromatic carbocycles. The van der Waals surface area contributed by atoms with Gasteiger partial charge in [0, 0.05) is 22.7 Å². The van der Waals surface area contributed by atoms with E-state index in [1.165, 1.54) is 0 Å². The van der Waals surface area contributed by atoms with E-state index in [2.05, 4.69) is 41.0 Å². The fourth-order valence-electron chi connectivity index (χ4n) is 4.13. The Kier molecular flexibility index (Phi) is 9.42. The zero-order chi connectivity index (χ0) is 24.1. The second kappa shape index (κ2) is 11.4. The average Bonchev–Trinajstić information content (AvgIpc) is 3.22. The lowest BCUT2D eigenvalue weighted by Crippen LogP contribution is -2.57. The Morgan fingerprint density at radius 3 is 2.62 bits per heavy atom. The monoisotopic (exact) mass is 476 g/mol. The van der Waals surface area contributed by atoms with Crippen molar-refractivity contribution in [1.82, 2.24) is 15.5 Å². The number of carbonyl (C=O) groups excluding carboxylic acids is 2. The number of amides is 2. The summed E-state index contributed by atoms with van der Waals surface area (Å²) in [4.78, 5) is 32.9. The number of carbonyl (C=O) groups is 2. The topological polar surface area (TPSA) is 73.8 Å². The summed E-state index contributed by atoms with van der Waals surface area (Å²) in [7, 11) is 1.75. The number of benzene rings is 1. The van der Waals surface area contributed by atoms with Crippen LogP contribution in [-0.2, 0) is 16.1 Å². The van der Waals surface area contributed by atoms with E-state index < -0.39 is 16.8 Å². The van der Waals surface area contributed by atoms with Crippen LogP contribution in [0.1, 0.15) is 50.3 Å². The summed E-state index contributed by atoms with van der Waals surface area (Å²) >= 11 is 6.21. The van der Waals surface area contributed by atoms with Crippen molar-refractivity contribution >= 4 is 47.8 Å². The summed E-state index contributed by atoms with van der Waals surface area (Å²) in [5.74, 6) is -0.184. The second-order valence-electron chi connectivity index (χ2n) is 8.70. The molecule has 0 bridgehead atoms. The number of nitrogens with zero attached hydrogens (tertiary/aromatic N) is 2. The molecule has 0 spiro atoms. The quantitative estimate of drug-likeness (QED) is 0.376. The summed E-state index contributed by atoms with van der Waals surface area (Å²) in [6.45, 7) is 12.4. The van der Waals surface area contributed by atoms with Crippen LogP contribution in [0.15, 0.2) is 28.9 Å². The minimum atomic E-state index is -0.530. The molecule has 0 aromatic heterocycles. The number of likely N-dealkylation sites (N-methyl/N-ethyl adjacent to an activating group) is 1. The van der Waals surface area contributed by atoms with Crippen molar-refractivity contribution in [2.45, 2.75) is 63.9 Å². The maximum Gasteiger partial charge on any atom is 0.243 e. The number of hydrogen-bond acceptors (Lipinski definition) is 6. The van der Waals surface area contributed by atoms with E-state index in [0.717, 1.165) is 33.7 Å². The van der Waals surface area contributed by atoms with Crippen LogP contribution in [0.25, 0.3) is 4.91 Å². The molecule has 2 amide bonds. The molecule has 1 unspecified atom stereocenters. The first-order chi connectivity index (χ1) is 15.0. The molecule has 1 aromatic rings. The van der Waals surface area contributed by atoms with Crippen LogP contribution in [-0.4, -0.2) is 60.1 Å². The molecule has 176 valence electrons. The van der Waals surface area contributed by atoms with Gasteiger partial charge in [-0.3, -0.25) is 14.6 Å². The van der Waals surface area contributed by atoms with Gasteiger partial charge in [-0.05, 0) is 77.2 Å². The van der Waals surface area contributed by atoms with E-state index in [1.807, 2.05) is 46.1 Å². The molecule has 0 radical (unpaired) electrons. The predicted octanol–water partition coefficient (Wildman–Crippen LogP) is 3.65. The average molecular weight is 477 g/mol. The molecule has 8 heteroatoms. The van der Waals surface area contributed by atoms with Crippen LogP contribution in [0.5, 0.6) is 0 Å². The summed E-state index contributed by atoms with van der Waals surface area (Å²) in [6.07, 6.45) is 3.52. The first-order valence-corrected chi connectivity index (χ1v) is 12.5. The van der Waals surface area contributed by atoms with Gasteiger partial charge >= 0.3 is 0 Å². The van der Waals surface area contributed by atoms with Crippen molar-refractivity contribution in [3.8, 4) is 0 Å². The number of allylic oxidation sites excluding steroid dienone is 1. The van der Waals surface area contributed by atoms with E-state index in [1.54, 1.807) is 23.7 Å². The maximum atomic E-state index is 13.1. The van der Waals surface area contributed by atoms with Gasteiger partial charge in [-0.1, -0.05) is 18.2 Å². The van der Waals surface area contributed by atoms with Gasteiger partial charge in [0.25, 0.3) is 0 Å². The van der Waals surface area contributed by atoms with Crippen molar-refractivity contribution in [3.63, 3.8) is 0 Å². The van der Waals surface area contributed by atoms with Crippen LogP contribution >= 0.6 is 24.4 Å². The van der Waals surface area contributed by atoms with Crippen molar-refractivity contribution in [3.05, 3.63) is 40.6 Å². The molecule has 2 rings (SSSR count). The van der Waals surface area contributed by atoms with Gasteiger partial charge in [0.05, 0.1) is 5.70 Å². The third-order valence-electron chi connectivity index (χ3n) is 5.91. The zero-order valence-electron chi connectivity index (χ0n) is 20.0.